The van der Waals surface area contributed by atoms with Crippen LogP contribution in [-0.2, 0) is 9.47 Å². The van der Waals surface area contributed by atoms with Crippen molar-refractivity contribution >= 4 is 6.09 Å². The van der Waals surface area contributed by atoms with E-state index in [9.17, 15) is 4.79 Å². The third-order valence-corrected chi connectivity index (χ3v) is 1.87. The second kappa shape index (κ2) is 7.46. The van der Waals surface area contributed by atoms with E-state index in [-0.39, 0.29) is 12.6 Å². The lowest BCUT2D eigenvalue weighted by atomic mass is 10.1. The van der Waals surface area contributed by atoms with Gasteiger partial charge in [0.05, 0.1) is 0 Å². The summed E-state index contributed by atoms with van der Waals surface area (Å²) in [7, 11) is 1.60. The van der Waals surface area contributed by atoms with Crippen molar-refractivity contribution < 1.29 is 19.4 Å². The number of ether oxygens (including phenoxy) is 2. The Morgan fingerprint density at radius 2 is 2.00 bits per heavy atom. The molecule has 0 aromatic heterocycles. The molecule has 1 atom stereocenters. The second-order valence-corrected chi connectivity index (χ2v) is 4.64. The van der Waals surface area contributed by atoms with Crippen LogP contribution in [0, 0.1) is 0 Å². The Hall–Kier alpha value is -0.810. The molecule has 0 fully saturated rings. The van der Waals surface area contributed by atoms with Gasteiger partial charge in [-0.3, -0.25) is 0 Å². The number of carbonyl (C=O) groups is 1. The highest BCUT2D eigenvalue weighted by Crippen LogP contribution is 2.08. The van der Waals surface area contributed by atoms with E-state index in [0.717, 1.165) is 0 Å². The Balaban J connectivity index is 4.02. The zero-order chi connectivity index (χ0) is 12.6. The van der Waals surface area contributed by atoms with Crippen LogP contribution in [0.1, 0.15) is 33.6 Å². The molecule has 16 heavy (non-hydrogen) atoms. The fraction of sp³-hybridized carbons (Fsp3) is 0.909. The van der Waals surface area contributed by atoms with Crippen LogP contribution in [0.25, 0.3) is 0 Å². The van der Waals surface area contributed by atoms with Crippen molar-refractivity contribution in [1.82, 2.24) is 5.32 Å². The molecule has 1 amide bonds. The maximum atomic E-state index is 11.5. The molecule has 2 N–H and O–H groups in total. The predicted octanol–water partition coefficient (Wildman–Crippen LogP) is 1.30. The van der Waals surface area contributed by atoms with Crippen molar-refractivity contribution in [2.24, 2.45) is 0 Å². The molecule has 5 heteroatoms. The zero-order valence-corrected chi connectivity index (χ0v) is 10.6. The van der Waals surface area contributed by atoms with Gasteiger partial charge in [0, 0.05) is 26.4 Å². The summed E-state index contributed by atoms with van der Waals surface area (Å²) in [5.41, 5.74) is -0.505. The van der Waals surface area contributed by atoms with Crippen molar-refractivity contribution in [2.75, 3.05) is 20.3 Å². The van der Waals surface area contributed by atoms with Crippen molar-refractivity contribution in [3.8, 4) is 0 Å². The number of rotatable bonds is 6. The number of methoxy groups -OCH3 is 1. The number of alkyl carbamates (subject to hydrolysis) is 1. The molecule has 0 unspecified atom stereocenters. The summed E-state index contributed by atoms with van der Waals surface area (Å²) in [6, 6.07) is -0.111. The molecule has 0 bridgehead atoms. The first kappa shape index (κ1) is 15.2. The molecule has 0 rings (SSSR count). The average Bonchev–Trinajstić information content (AvgIpc) is 2.11. The van der Waals surface area contributed by atoms with Gasteiger partial charge >= 0.3 is 6.09 Å². The maximum Gasteiger partial charge on any atom is 0.407 e. The number of hydrogen-bond acceptors (Lipinski definition) is 4. The van der Waals surface area contributed by atoms with E-state index in [2.05, 4.69) is 5.32 Å². The minimum Gasteiger partial charge on any atom is -0.444 e. The predicted molar refractivity (Wildman–Crippen MR) is 61.4 cm³/mol. The van der Waals surface area contributed by atoms with Crippen LogP contribution in [0.3, 0.4) is 0 Å². The Morgan fingerprint density at radius 1 is 1.38 bits per heavy atom. The number of carbonyl (C=O) groups excluding carboxylic acids is 1. The first-order chi connectivity index (χ1) is 7.39. The summed E-state index contributed by atoms with van der Waals surface area (Å²) in [4.78, 5) is 11.5. The van der Waals surface area contributed by atoms with E-state index < -0.39 is 11.7 Å². The highest BCUT2D eigenvalue weighted by molar-refractivity contribution is 5.68. The van der Waals surface area contributed by atoms with Crippen molar-refractivity contribution in [1.29, 1.82) is 0 Å². The third-order valence-electron chi connectivity index (χ3n) is 1.87. The first-order valence-electron chi connectivity index (χ1n) is 5.48. The minimum absolute atomic E-state index is 0.0319. The molecule has 0 aliphatic carbocycles. The van der Waals surface area contributed by atoms with Gasteiger partial charge in [-0.2, -0.15) is 0 Å². The van der Waals surface area contributed by atoms with E-state index >= 15 is 0 Å². The standard InChI is InChI=1S/C11H23NO4/c1-11(2,3)16-10(14)12-9(5-7-13)6-8-15-4/h9,13H,5-8H2,1-4H3,(H,12,14)/t9-/m0/s1. The average molecular weight is 233 g/mol. The van der Waals surface area contributed by atoms with Gasteiger partial charge in [0.15, 0.2) is 0 Å². The monoisotopic (exact) mass is 233 g/mol. The van der Waals surface area contributed by atoms with Crippen LogP contribution in [-0.4, -0.2) is 43.2 Å². The van der Waals surface area contributed by atoms with E-state index in [0.29, 0.717) is 19.4 Å². The van der Waals surface area contributed by atoms with Gasteiger partial charge in [0.1, 0.15) is 5.60 Å². The van der Waals surface area contributed by atoms with Gasteiger partial charge in [0.25, 0.3) is 0 Å². The summed E-state index contributed by atoms with van der Waals surface area (Å²) < 4.78 is 10.0. The lowest BCUT2D eigenvalue weighted by Gasteiger charge is -2.23. The van der Waals surface area contributed by atoms with Crippen LogP contribution in [0.4, 0.5) is 4.79 Å². The van der Waals surface area contributed by atoms with E-state index in [1.54, 1.807) is 7.11 Å². The molecule has 5 nitrogen and oxygen atoms in total. The van der Waals surface area contributed by atoms with Crippen LogP contribution in [0.5, 0.6) is 0 Å². The highest BCUT2D eigenvalue weighted by Gasteiger charge is 2.18. The summed E-state index contributed by atoms with van der Waals surface area (Å²) in [5.74, 6) is 0. The molecule has 0 aromatic rings. The van der Waals surface area contributed by atoms with Gasteiger partial charge in [-0.25, -0.2) is 4.79 Å². The van der Waals surface area contributed by atoms with E-state index in [1.165, 1.54) is 0 Å². The smallest absolute Gasteiger partial charge is 0.407 e. The number of amides is 1. The first-order valence-corrected chi connectivity index (χ1v) is 5.48. The quantitative estimate of drug-likeness (QED) is 0.725. The Morgan fingerprint density at radius 3 is 2.44 bits per heavy atom. The molecule has 0 saturated carbocycles. The van der Waals surface area contributed by atoms with Crippen LogP contribution in [0.15, 0.2) is 0 Å². The summed E-state index contributed by atoms with van der Waals surface area (Å²) >= 11 is 0. The molecule has 0 heterocycles. The molecule has 0 aromatic carbocycles. The lowest BCUT2D eigenvalue weighted by molar-refractivity contribution is 0.0484. The Kier molecular flexibility index (Phi) is 7.08. The number of hydrogen-bond donors (Lipinski definition) is 2. The van der Waals surface area contributed by atoms with E-state index in [1.807, 2.05) is 20.8 Å². The largest absolute Gasteiger partial charge is 0.444 e. The molecule has 96 valence electrons. The van der Waals surface area contributed by atoms with Gasteiger partial charge in [-0.1, -0.05) is 0 Å². The summed E-state index contributed by atoms with van der Waals surface area (Å²) in [5, 5.41) is 11.6. The second-order valence-electron chi connectivity index (χ2n) is 4.64. The van der Waals surface area contributed by atoms with Gasteiger partial charge in [0.2, 0.25) is 0 Å². The Bertz CT molecular complexity index is 201. The third kappa shape index (κ3) is 8.49. The maximum absolute atomic E-state index is 11.5. The zero-order valence-electron chi connectivity index (χ0n) is 10.6. The number of aliphatic hydroxyl groups is 1. The van der Waals surface area contributed by atoms with Crippen molar-refractivity contribution in [2.45, 2.75) is 45.3 Å². The van der Waals surface area contributed by atoms with Crippen molar-refractivity contribution in [3.05, 3.63) is 0 Å². The summed E-state index contributed by atoms with van der Waals surface area (Å²) in [6.07, 6.45) is 0.709. The normalized spacial score (nSPS) is 13.3. The molecule has 0 spiro atoms. The van der Waals surface area contributed by atoms with Crippen molar-refractivity contribution in [3.63, 3.8) is 0 Å². The fourth-order valence-corrected chi connectivity index (χ4v) is 1.18. The van der Waals surface area contributed by atoms with Gasteiger partial charge in [-0.05, 0) is 33.6 Å². The number of aliphatic hydroxyl groups excluding tert-OH is 1. The van der Waals surface area contributed by atoms with Gasteiger partial charge in [-0.15, -0.1) is 0 Å². The van der Waals surface area contributed by atoms with E-state index in [4.69, 9.17) is 14.6 Å². The van der Waals surface area contributed by atoms with Crippen LogP contribution >= 0.6 is 0 Å². The highest BCUT2D eigenvalue weighted by atomic mass is 16.6. The molecule has 0 saturated heterocycles. The van der Waals surface area contributed by atoms with Gasteiger partial charge < -0.3 is 19.9 Å². The van der Waals surface area contributed by atoms with Crippen LogP contribution in [0.2, 0.25) is 0 Å². The molecule has 0 radical (unpaired) electrons. The topological polar surface area (TPSA) is 67.8 Å². The molecule has 0 aliphatic heterocycles. The lowest BCUT2D eigenvalue weighted by Crippen LogP contribution is -2.40. The summed E-state index contributed by atoms with van der Waals surface area (Å²) in [6.45, 7) is 6.00. The fourth-order valence-electron chi connectivity index (χ4n) is 1.18. The van der Waals surface area contributed by atoms with Crippen LogP contribution < -0.4 is 5.32 Å². The minimum atomic E-state index is -0.505. The Labute approximate surface area is 97.1 Å². The SMILES string of the molecule is COCC[C@H](CCO)NC(=O)OC(C)(C)C. The number of nitrogens with one attached hydrogen (secondary N) is 1. The molecular weight excluding hydrogens is 210 g/mol. The molecule has 0 aliphatic rings. The molecular formula is C11H23NO4.